The number of hydrogen-bond acceptors (Lipinski definition) is 3. The van der Waals surface area contributed by atoms with E-state index in [0.717, 1.165) is 18.6 Å². The molecule has 0 atom stereocenters. The molecule has 1 fully saturated rings. The first-order valence-corrected chi connectivity index (χ1v) is 8.10. The molecule has 114 valence electrons. The third-order valence-corrected chi connectivity index (χ3v) is 5.41. The summed E-state index contributed by atoms with van der Waals surface area (Å²) in [5, 5.41) is 8.74. The summed E-state index contributed by atoms with van der Waals surface area (Å²) in [6.07, 6.45) is 0.783. The lowest BCUT2D eigenvalue weighted by molar-refractivity contribution is 0.350. The second-order valence-electron chi connectivity index (χ2n) is 5.85. The molecule has 0 spiro atoms. The normalized spacial score (nSPS) is 18.3. The van der Waals surface area contributed by atoms with Gasteiger partial charge in [-0.05, 0) is 30.0 Å². The summed E-state index contributed by atoms with van der Waals surface area (Å²) in [4.78, 5) is -0.0115. The minimum Gasteiger partial charge on any atom is -0.384 e. The van der Waals surface area contributed by atoms with Gasteiger partial charge in [-0.1, -0.05) is 25.7 Å². The molecule has 4 nitrogen and oxygen atoms in total. The highest BCUT2D eigenvalue weighted by Crippen LogP contribution is 2.33. The van der Waals surface area contributed by atoms with Crippen LogP contribution in [0.1, 0.15) is 25.8 Å². The summed E-state index contributed by atoms with van der Waals surface area (Å²) in [7, 11) is -3.71. The quantitative estimate of drug-likeness (QED) is 0.844. The molecule has 1 heterocycles. The number of nitrogens with zero attached hydrogens (tertiary/aromatic N) is 1. The monoisotopic (exact) mass is 311 g/mol. The number of aliphatic hydroxyl groups is 1. The van der Waals surface area contributed by atoms with E-state index < -0.39 is 22.4 Å². The zero-order chi connectivity index (χ0) is 15.7. The summed E-state index contributed by atoms with van der Waals surface area (Å²) in [5.74, 6) is 4.32. The molecular weight excluding hydrogens is 293 g/mol. The molecule has 6 heteroatoms. The van der Waals surface area contributed by atoms with Crippen LogP contribution < -0.4 is 0 Å². The van der Waals surface area contributed by atoms with Crippen molar-refractivity contribution in [1.29, 1.82) is 0 Å². The van der Waals surface area contributed by atoms with Gasteiger partial charge < -0.3 is 5.11 Å². The average molecular weight is 311 g/mol. The number of aliphatic hydroxyl groups excluding tert-OH is 1. The van der Waals surface area contributed by atoms with Gasteiger partial charge in [0.25, 0.3) is 0 Å². The molecular formula is C15H18FNO3S. The molecule has 0 saturated carbocycles. The van der Waals surface area contributed by atoms with Gasteiger partial charge in [0.1, 0.15) is 12.4 Å². The number of rotatable bonds is 2. The van der Waals surface area contributed by atoms with Gasteiger partial charge in [0.05, 0.1) is 4.90 Å². The smallest absolute Gasteiger partial charge is 0.244 e. The fourth-order valence-electron chi connectivity index (χ4n) is 2.37. The van der Waals surface area contributed by atoms with Crippen molar-refractivity contribution in [2.45, 2.75) is 25.2 Å². The maximum atomic E-state index is 13.3. The van der Waals surface area contributed by atoms with Gasteiger partial charge >= 0.3 is 0 Å². The van der Waals surface area contributed by atoms with Crippen molar-refractivity contribution in [3.8, 4) is 11.8 Å². The molecule has 1 saturated heterocycles. The van der Waals surface area contributed by atoms with Crippen LogP contribution in [0.15, 0.2) is 23.1 Å². The molecule has 2 rings (SSSR count). The highest BCUT2D eigenvalue weighted by Gasteiger charge is 2.37. The third-order valence-electron chi connectivity index (χ3n) is 3.50. The lowest BCUT2D eigenvalue weighted by Crippen LogP contribution is -2.31. The van der Waals surface area contributed by atoms with E-state index in [1.807, 2.05) is 13.8 Å². The molecule has 0 amide bonds. The van der Waals surface area contributed by atoms with Crippen molar-refractivity contribution < 1.29 is 17.9 Å². The summed E-state index contributed by atoms with van der Waals surface area (Å²) >= 11 is 0. The SMILES string of the molecule is CC1(C)CCN(S(=O)(=O)c2ccc(F)cc2C#CCO)C1. The molecule has 0 unspecified atom stereocenters. The highest BCUT2D eigenvalue weighted by molar-refractivity contribution is 7.89. The Morgan fingerprint density at radius 2 is 2.14 bits per heavy atom. The topological polar surface area (TPSA) is 57.6 Å². The number of halogens is 1. The molecule has 1 aromatic rings. The van der Waals surface area contributed by atoms with Gasteiger partial charge in [-0.25, -0.2) is 12.8 Å². The third kappa shape index (κ3) is 3.43. The van der Waals surface area contributed by atoms with Crippen molar-refractivity contribution >= 4 is 10.0 Å². The van der Waals surface area contributed by atoms with Crippen molar-refractivity contribution in [1.82, 2.24) is 4.31 Å². The minimum atomic E-state index is -3.71. The van der Waals surface area contributed by atoms with Crippen molar-refractivity contribution in [2.24, 2.45) is 5.41 Å². The van der Waals surface area contributed by atoms with E-state index in [1.54, 1.807) is 0 Å². The van der Waals surface area contributed by atoms with E-state index in [2.05, 4.69) is 11.8 Å². The highest BCUT2D eigenvalue weighted by atomic mass is 32.2. The second kappa shape index (κ2) is 5.76. The molecule has 21 heavy (non-hydrogen) atoms. The van der Waals surface area contributed by atoms with Gasteiger partial charge in [-0.15, -0.1) is 0 Å². The first-order valence-electron chi connectivity index (χ1n) is 6.66. The molecule has 0 aliphatic carbocycles. The zero-order valence-corrected chi connectivity index (χ0v) is 12.9. The van der Waals surface area contributed by atoms with Crippen molar-refractivity contribution in [2.75, 3.05) is 19.7 Å². The lowest BCUT2D eigenvalue weighted by Gasteiger charge is -2.20. The Balaban J connectivity index is 2.45. The van der Waals surface area contributed by atoms with Crippen LogP contribution in [0.2, 0.25) is 0 Å². The molecule has 1 aliphatic heterocycles. The molecule has 0 aromatic heterocycles. The standard InChI is InChI=1S/C15H18FNO3S/c1-15(2)7-8-17(11-15)21(19,20)14-6-5-13(16)10-12(14)4-3-9-18/h5-6,10,18H,7-9,11H2,1-2H3. The Morgan fingerprint density at radius 3 is 2.71 bits per heavy atom. The maximum Gasteiger partial charge on any atom is 0.244 e. The van der Waals surface area contributed by atoms with Crippen LogP contribution in [0.4, 0.5) is 4.39 Å². The van der Waals surface area contributed by atoms with E-state index in [1.165, 1.54) is 10.4 Å². The van der Waals surface area contributed by atoms with E-state index in [9.17, 15) is 12.8 Å². The van der Waals surface area contributed by atoms with Crippen LogP contribution in [-0.2, 0) is 10.0 Å². The zero-order valence-electron chi connectivity index (χ0n) is 12.1. The number of hydrogen-bond donors (Lipinski definition) is 1. The van der Waals surface area contributed by atoms with Gasteiger partial charge in [-0.3, -0.25) is 0 Å². The summed E-state index contributed by atoms with van der Waals surface area (Å²) in [6.45, 7) is 4.49. The molecule has 0 bridgehead atoms. The maximum absolute atomic E-state index is 13.3. The van der Waals surface area contributed by atoms with E-state index in [-0.39, 0.29) is 15.9 Å². The largest absolute Gasteiger partial charge is 0.384 e. The fourth-order valence-corrected chi connectivity index (χ4v) is 4.12. The average Bonchev–Trinajstić information content (AvgIpc) is 2.77. The van der Waals surface area contributed by atoms with Crippen molar-refractivity contribution in [3.05, 3.63) is 29.6 Å². The number of benzene rings is 1. The van der Waals surface area contributed by atoms with Gasteiger partial charge in [0.2, 0.25) is 10.0 Å². The van der Waals surface area contributed by atoms with Crippen LogP contribution in [0.5, 0.6) is 0 Å². The van der Waals surface area contributed by atoms with Crippen LogP contribution >= 0.6 is 0 Å². The fraction of sp³-hybridized carbons (Fsp3) is 0.467. The molecule has 1 N–H and O–H groups in total. The first kappa shape index (κ1) is 16.0. The van der Waals surface area contributed by atoms with Gasteiger partial charge in [0, 0.05) is 18.7 Å². The van der Waals surface area contributed by atoms with Crippen LogP contribution in [0.3, 0.4) is 0 Å². The summed E-state index contributed by atoms with van der Waals surface area (Å²) in [6, 6.07) is 3.42. The van der Waals surface area contributed by atoms with Crippen molar-refractivity contribution in [3.63, 3.8) is 0 Å². The van der Waals surface area contributed by atoms with Crippen LogP contribution in [0, 0.1) is 23.1 Å². The predicted molar refractivity (Wildman–Crippen MR) is 77.5 cm³/mol. The summed E-state index contributed by atoms with van der Waals surface area (Å²) < 4.78 is 40.1. The Kier molecular flexibility index (Phi) is 4.38. The first-order chi connectivity index (χ1) is 9.76. The predicted octanol–water partition coefficient (Wildman–Crippen LogP) is 1.59. The van der Waals surface area contributed by atoms with E-state index in [4.69, 9.17) is 5.11 Å². The summed E-state index contributed by atoms with van der Waals surface area (Å²) in [5.41, 5.74) is 0.0121. The van der Waals surface area contributed by atoms with Gasteiger partial charge in [0.15, 0.2) is 0 Å². The van der Waals surface area contributed by atoms with Crippen LogP contribution in [0.25, 0.3) is 0 Å². The van der Waals surface area contributed by atoms with Gasteiger partial charge in [-0.2, -0.15) is 4.31 Å². The number of sulfonamides is 1. The molecule has 1 aliphatic rings. The Bertz CT molecular complexity index is 701. The van der Waals surface area contributed by atoms with E-state index >= 15 is 0 Å². The Labute approximate surface area is 124 Å². The Morgan fingerprint density at radius 1 is 1.43 bits per heavy atom. The second-order valence-corrected chi connectivity index (χ2v) is 7.76. The molecule has 1 aromatic carbocycles. The van der Waals surface area contributed by atoms with Crippen LogP contribution in [-0.4, -0.2) is 37.5 Å². The minimum absolute atomic E-state index is 0.0115. The molecule has 0 radical (unpaired) electrons. The van der Waals surface area contributed by atoms with E-state index in [0.29, 0.717) is 13.1 Å². The Hall–Kier alpha value is -1.42. The lowest BCUT2D eigenvalue weighted by atomic mass is 9.93.